The smallest absolute Gasteiger partial charge is 0.138 e. The first-order valence-corrected chi connectivity index (χ1v) is 6.82. The van der Waals surface area contributed by atoms with Gasteiger partial charge in [-0.05, 0) is 19.1 Å². The van der Waals surface area contributed by atoms with E-state index in [1.54, 1.807) is 6.26 Å². The molecule has 2 heterocycles. The Kier molecular flexibility index (Phi) is 3.97. The number of nitrogens with two attached hydrogens (primary N) is 1. The van der Waals surface area contributed by atoms with Gasteiger partial charge in [-0.25, -0.2) is 9.97 Å². The van der Waals surface area contributed by atoms with Gasteiger partial charge in [0.2, 0.25) is 0 Å². The van der Waals surface area contributed by atoms with E-state index in [4.69, 9.17) is 10.2 Å². The maximum Gasteiger partial charge on any atom is 0.138 e. The van der Waals surface area contributed by atoms with Crippen LogP contribution in [0.15, 0.2) is 28.9 Å². The third-order valence-electron chi connectivity index (χ3n) is 3.04. The maximum atomic E-state index is 5.92. The third-order valence-corrected chi connectivity index (χ3v) is 3.04. The lowest BCUT2D eigenvalue weighted by Crippen LogP contribution is -2.25. The van der Waals surface area contributed by atoms with Crippen molar-refractivity contribution < 1.29 is 4.42 Å². The highest BCUT2D eigenvalue weighted by Crippen LogP contribution is 2.23. The molecule has 0 aliphatic carbocycles. The summed E-state index contributed by atoms with van der Waals surface area (Å²) in [6.07, 6.45) is 1.68. The molecule has 0 unspecified atom stereocenters. The number of anilines is 2. The van der Waals surface area contributed by atoms with Gasteiger partial charge in [-0.2, -0.15) is 0 Å². The maximum absolute atomic E-state index is 5.92. The standard InChI is InChI=1S/C15H22N4O/c1-5-19(10-11-7-6-8-20-11)13-9-12(16)17-14(18-13)15(2,3)4/h6-9H,5,10H2,1-4H3,(H2,16,17,18). The van der Waals surface area contributed by atoms with E-state index in [0.717, 1.165) is 23.9 Å². The summed E-state index contributed by atoms with van der Waals surface area (Å²) in [7, 11) is 0. The lowest BCUT2D eigenvalue weighted by molar-refractivity contribution is 0.501. The van der Waals surface area contributed by atoms with Crippen LogP contribution in [0.4, 0.5) is 11.6 Å². The van der Waals surface area contributed by atoms with Crippen LogP contribution in [-0.4, -0.2) is 16.5 Å². The van der Waals surface area contributed by atoms with Gasteiger partial charge in [-0.15, -0.1) is 0 Å². The average molecular weight is 274 g/mol. The Balaban J connectivity index is 2.32. The molecule has 0 saturated carbocycles. The molecule has 5 heteroatoms. The van der Waals surface area contributed by atoms with Crippen LogP contribution in [0.5, 0.6) is 0 Å². The second-order valence-corrected chi connectivity index (χ2v) is 5.82. The van der Waals surface area contributed by atoms with Gasteiger partial charge in [-0.1, -0.05) is 20.8 Å². The first-order valence-electron chi connectivity index (χ1n) is 6.82. The Hall–Kier alpha value is -2.04. The highest BCUT2D eigenvalue weighted by molar-refractivity contribution is 5.47. The van der Waals surface area contributed by atoms with Crippen molar-refractivity contribution in [1.82, 2.24) is 9.97 Å². The summed E-state index contributed by atoms with van der Waals surface area (Å²) in [5, 5.41) is 0. The molecule has 0 aliphatic rings. The lowest BCUT2D eigenvalue weighted by atomic mass is 9.96. The van der Waals surface area contributed by atoms with Crippen molar-refractivity contribution >= 4 is 11.6 Å². The van der Waals surface area contributed by atoms with Crippen molar-refractivity contribution in [2.24, 2.45) is 0 Å². The van der Waals surface area contributed by atoms with Gasteiger partial charge in [-0.3, -0.25) is 0 Å². The summed E-state index contributed by atoms with van der Waals surface area (Å²) in [5.41, 5.74) is 5.79. The average Bonchev–Trinajstić information content (AvgIpc) is 2.87. The van der Waals surface area contributed by atoms with E-state index in [2.05, 4.69) is 42.6 Å². The van der Waals surface area contributed by atoms with Crippen molar-refractivity contribution in [2.45, 2.75) is 39.7 Å². The van der Waals surface area contributed by atoms with Gasteiger partial charge in [0, 0.05) is 18.0 Å². The molecule has 5 nitrogen and oxygen atoms in total. The second kappa shape index (κ2) is 5.53. The summed E-state index contributed by atoms with van der Waals surface area (Å²) in [5.74, 6) is 2.99. The van der Waals surface area contributed by atoms with Crippen molar-refractivity contribution in [3.05, 3.63) is 36.0 Å². The fourth-order valence-electron chi connectivity index (χ4n) is 1.90. The summed E-state index contributed by atoms with van der Waals surface area (Å²) < 4.78 is 5.40. The number of rotatable bonds is 4. The molecule has 0 bridgehead atoms. The van der Waals surface area contributed by atoms with Crippen LogP contribution in [0, 0.1) is 0 Å². The van der Waals surface area contributed by atoms with Gasteiger partial charge in [0.15, 0.2) is 0 Å². The fourth-order valence-corrected chi connectivity index (χ4v) is 1.90. The summed E-state index contributed by atoms with van der Waals surface area (Å²) in [4.78, 5) is 11.1. The van der Waals surface area contributed by atoms with Crippen LogP contribution in [0.3, 0.4) is 0 Å². The molecule has 2 aromatic heterocycles. The second-order valence-electron chi connectivity index (χ2n) is 5.82. The molecule has 0 fully saturated rings. The van der Waals surface area contributed by atoms with E-state index in [9.17, 15) is 0 Å². The molecule has 2 rings (SSSR count). The first-order chi connectivity index (χ1) is 9.40. The van der Waals surface area contributed by atoms with Gasteiger partial charge >= 0.3 is 0 Å². The summed E-state index contributed by atoms with van der Waals surface area (Å²) >= 11 is 0. The molecule has 2 N–H and O–H groups in total. The normalized spacial score (nSPS) is 11.6. The van der Waals surface area contributed by atoms with E-state index in [0.29, 0.717) is 12.4 Å². The Morgan fingerprint density at radius 3 is 2.60 bits per heavy atom. The van der Waals surface area contributed by atoms with Crippen LogP contribution >= 0.6 is 0 Å². The first kappa shape index (κ1) is 14.4. The van der Waals surface area contributed by atoms with E-state index in [1.807, 2.05) is 18.2 Å². The minimum Gasteiger partial charge on any atom is -0.467 e. The molecule has 0 spiro atoms. The van der Waals surface area contributed by atoms with Crippen molar-refractivity contribution in [3.63, 3.8) is 0 Å². The molecule has 20 heavy (non-hydrogen) atoms. The molecule has 108 valence electrons. The molecule has 0 atom stereocenters. The number of hydrogen-bond donors (Lipinski definition) is 1. The Morgan fingerprint density at radius 2 is 2.05 bits per heavy atom. The number of hydrogen-bond acceptors (Lipinski definition) is 5. The quantitative estimate of drug-likeness (QED) is 0.928. The molecular formula is C15H22N4O. The number of nitrogens with zero attached hydrogens (tertiary/aromatic N) is 3. The van der Waals surface area contributed by atoms with Crippen LogP contribution in [0.1, 0.15) is 39.3 Å². The van der Waals surface area contributed by atoms with Gasteiger partial charge < -0.3 is 15.1 Å². The molecule has 0 saturated heterocycles. The van der Waals surface area contributed by atoms with Gasteiger partial charge in [0.05, 0.1) is 12.8 Å². The Morgan fingerprint density at radius 1 is 1.30 bits per heavy atom. The number of nitrogen functional groups attached to an aromatic ring is 1. The molecule has 0 radical (unpaired) electrons. The predicted octanol–water partition coefficient (Wildman–Crippen LogP) is 2.98. The summed E-state index contributed by atoms with van der Waals surface area (Å²) in [6.45, 7) is 9.80. The zero-order valence-electron chi connectivity index (χ0n) is 12.6. The summed E-state index contributed by atoms with van der Waals surface area (Å²) in [6, 6.07) is 5.65. The molecule has 0 aromatic carbocycles. The van der Waals surface area contributed by atoms with E-state index < -0.39 is 0 Å². The Labute approximate surface area is 119 Å². The number of furan rings is 1. The largest absolute Gasteiger partial charge is 0.467 e. The molecular weight excluding hydrogens is 252 g/mol. The minimum absolute atomic E-state index is 0.131. The topological polar surface area (TPSA) is 68.2 Å². The van der Waals surface area contributed by atoms with E-state index in [1.165, 1.54) is 0 Å². The van der Waals surface area contributed by atoms with Crippen LogP contribution in [0.25, 0.3) is 0 Å². The van der Waals surface area contributed by atoms with Crippen LogP contribution in [-0.2, 0) is 12.0 Å². The Bertz CT molecular complexity index is 558. The third kappa shape index (κ3) is 3.29. The van der Waals surface area contributed by atoms with Crippen molar-refractivity contribution in [1.29, 1.82) is 0 Å². The molecule has 2 aromatic rings. The fraction of sp³-hybridized carbons (Fsp3) is 0.467. The van der Waals surface area contributed by atoms with Gasteiger partial charge in [0.25, 0.3) is 0 Å². The zero-order chi connectivity index (χ0) is 14.8. The molecule has 0 aliphatic heterocycles. The van der Waals surface area contributed by atoms with Crippen LogP contribution in [0.2, 0.25) is 0 Å². The highest BCUT2D eigenvalue weighted by Gasteiger charge is 2.20. The van der Waals surface area contributed by atoms with Crippen LogP contribution < -0.4 is 10.6 Å². The van der Waals surface area contributed by atoms with E-state index >= 15 is 0 Å². The monoisotopic (exact) mass is 274 g/mol. The lowest BCUT2D eigenvalue weighted by Gasteiger charge is -2.24. The van der Waals surface area contributed by atoms with Crippen molar-refractivity contribution in [2.75, 3.05) is 17.2 Å². The predicted molar refractivity (Wildman–Crippen MR) is 80.6 cm³/mol. The number of aromatic nitrogens is 2. The highest BCUT2D eigenvalue weighted by atomic mass is 16.3. The zero-order valence-corrected chi connectivity index (χ0v) is 12.6. The van der Waals surface area contributed by atoms with E-state index in [-0.39, 0.29) is 5.41 Å². The van der Waals surface area contributed by atoms with Crippen molar-refractivity contribution in [3.8, 4) is 0 Å². The minimum atomic E-state index is -0.131. The van der Waals surface area contributed by atoms with Gasteiger partial charge in [0.1, 0.15) is 23.2 Å². The SMILES string of the molecule is CCN(Cc1ccco1)c1cc(N)nc(C(C)(C)C)n1. The molecule has 0 amide bonds.